The molecule has 0 aromatic carbocycles. The summed E-state index contributed by atoms with van der Waals surface area (Å²) in [7, 11) is 0. The Balaban J connectivity index is 1.61. The zero-order chi connectivity index (χ0) is 17.8. The van der Waals surface area contributed by atoms with Crippen LogP contribution in [0.4, 0.5) is 0 Å². The van der Waals surface area contributed by atoms with Crippen molar-refractivity contribution in [1.29, 1.82) is 0 Å². The molecule has 1 aliphatic rings. The molecule has 25 heavy (non-hydrogen) atoms. The van der Waals surface area contributed by atoms with Crippen molar-refractivity contribution in [1.82, 2.24) is 24.9 Å². The Morgan fingerprint density at radius 2 is 1.88 bits per heavy atom. The predicted octanol–water partition coefficient (Wildman–Crippen LogP) is 0.999. The molecule has 0 unspecified atom stereocenters. The lowest BCUT2D eigenvalue weighted by atomic mass is 10.1. The van der Waals surface area contributed by atoms with Crippen LogP contribution in [0.15, 0.2) is 23.1 Å². The molecule has 0 spiro atoms. The van der Waals surface area contributed by atoms with E-state index in [1.807, 2.05) is 13.8 Å². The second kappa shape index (κ2) is 7.42. The van der Waals surface area contributed by atoms with Crippen LogP contribution in [0.2, 0.25) is 0 Å². The lowest BCUT2D eigenvalue weighted by molar-refractivity contribution is -0.130. The number of aryl methyl sites for hydroxylation is 2. The van der Waals surface area contributed by atoms with Gasteiger partial charge in [-0.05, 0) is 20.3 Å². The van der Waals surface area contributed by atoms with Gasteiger partial charge in [0.1, 0.15) is 11.5 Å². The third kappa shape index (κ3) is 3.84. The first kappa shape index (κ1) is 17.1. The lowest BCUT2D eigenvalue weighted by Gasteiger charge is -2.22. The molecule has 0 saturated carbocycles. The smallest absolute Gasteiger partial charge is 0.274 e. The lowest BCUT2D eigenvalue weighted by Crippen LogP contribution is -2.38. The molecule has 132 valence electrons. The van der Waals surface area contributed by atoms with Crippen LogP contribution >= 0.6 is 0 Å². The Kier molecular flexibility index (Phi) is 5.06. The van der Waals surface area contributed by atoms with E-state index in [4.69, 9.17) is 4.52 Å². The van der Waals surface area contributed by atoms with Crippen molar-refractivity contribution in [2.24, 2.45) is 0 Å². The van der Waals surface area contributed by atoms with Gasteiger partial charge < -0.3 is 14.3 Å². The first-order valence-corrected chi connectivity index (χ1v) is 8.31. The van der Waals surface area contributed by atoms with Gasteiger partial charge in [-0.1, -0.05) is 5.16 Å². The van der Waals surface area contributed by atoms with E-state index in [-0.39, 0.29) is 18.2 Å². The number of amides is 2. The second-order valence-electron chi connectivity index (χ2n) is 6.10. The van der Waals surface area contributed by atoms with Crippen molar-refractivity contribution >= 4 is 11.8 Å². The van der Waals surface area contributed by atoms with Gasteiger partial charge in [-0.25, -0.2) is 4.98 Å². The van der Waals surface area contributed by atoms with Crippen LogP contribution in [0, 0.1) is 13.8 Å². The Bertz CT molecular complexity index is 739. The van der Waals surface area contributed by atoms with E-state index in [0.29, 0.717) is 37.6 Å². The highest BCUT2D eigenvalue weighted by molar-refractivity contribution is 5.92. The van der Waals surface area contributed by atoms with Crippen LogP contribution in [0.25, 0.3) is 0 Å². The Morgan fingerprint density at radius 1 is 1.12 bits per heavy atom. The van der Waals surface area contributed by atoms with Crippen LogP contribution in [0.1, 0.15) is 33.9 Å². The number of hydrogen-bond acceptors (Lipinski definition) is 6. The molecule has 1 aliphatic heterocycles. The van der Waals surface area contributed by atoms with Crippen LogP contribution in [-0.4, -0.2) is 62.9 Å². The topological polar surface area (TPSA) is 92.4 Å². The summed E-state index contributed by atoms with van der Waals surface area (Å²) in [4.78, 5) is 36.6. The summed E-state index contributed by atoms with van der Waals surface area (Å²) in [5.74, 6) is 0.566. The fourth-order valence-electron chi connectivity index (χ4n) is 2.96. The van der Waals surface area contributed by atoms with Gasteiger partial charge in [-0.2, -0.15) is 0 Å². The quantitative estimate of drug-likeness (QED) is 0.825. The third-order valence-electron chi connectivity index (χ3n) is 4.43. The molecule has 0 radical (unpaired) electrons. The highest BCUT2D eigenvalue weighted by atomic mass is 16.5. The van der Waals surface area contributed by atoms with Gasteiger partial charge in [-0.3, -0.25) is 14.6 Å². The minimum Gasteiger partial charge on any atom is -0.361 e. The Hall–Kier alpha value is -2.77. The molecular formula is C17H21N5O3. The largest absolute Gasteiger partial charge is 0.361 e. The molecule has 3 heterocycles. The van der Waals surface area contributed by atoms with Gasteiger partial charge in [0, 0.05) is 44.1 Å². The molecule has 3 rings (SSSR count). The molecule has 1 fully saturated rings. The van der Waals surface area contributed by atoms with Crippen molar-refractivity contribution < 1.29 is 14.1 Å². The standard InChI is InChI=1S/C17H21N5O3/c1-12-14(13(2)25-20-12)10-16(23)21-6-3-7-22(9-8-21)17(24)15-11-18-4-5-19-15/h4-5,11H,3,6-10H2,1-2H3. The monoisotopic (exact) mass is 343 g/mol. The van der Waals surface area contributed by atoms with Crippen LogP contribution in [0.3, 0.4) is 0 Å². The summed E-state index contributed by atoms with van der Waals surface area (Å²) >= 11 is 0. The zero-order valence-corrected chi connectivity index (χ0v) is 14.4. The summed E-state index contributed by atoms with van der Waals surface area (Å²) in [6.07, 6.45) is 5.52. The number of rotatable bonds is 3. The number of hydrogen-bond donors (Lipinski definition) is 0. The van der Waals surface area contributed by atoms with Crippen LogP contribution < -0.4 is 0 Å². The van der Waals surface area contributed by atoms with Crippen molar-refractivity contribution in [3.05, 3.63) is 41.3 Å². The third-order valence-corrected chi connectivity index (χ3v) is 4.43. The maximum atomic E-state index is 12.6. The summed E-state index contributed by atoms with van der Waals surface area (Å²) < 4.78 is 5.12. The number of carbonyl (C=O) groups excluding carboxylic acids is 2. The molecule has 0 aliphatic carbocycles. The molecule has 2 aromatic heterocycles. The minimum absolute atomic E-state index is 0.0307. The van der Waals surface area contributed by atoms with Gasteiger partial charge in [0.15, 0.2) is 0 Å². The van der Waals surface area contributed by atoms with Gasteiger partial charge >= 0.3 is 0 Å². The zero-order valence-electron chi connectivity index (χ0n) is 14.4. The number of aromatic nitrogens is 3. The van der Waals surface area contributed by atoms with E-state index in [1.54, 1.807) is 9.80 Å². The summed E-state index contributed by atoms with van der Waals surface area (Å²) in [6.45, 7) is 5.88. The SMILES string of the molecule is Cc1noc(C)c1CC(=O)N1CCCN(C(=O)c2cnccn2)CC1. The van der Waals surface area contributed by atoms with Gasteiger partial charge in [-0.15, -0.1) is 0 Å². The van der Waals surface area contributed by atoms with E-state index < -0.39 is 0 Å². The highest BCUT2D eigenvalue weighted by Gasteiger charge is 2.24. The normalized spacial score (nSPS) is 15.1. The van der Waals surface area contributed by atoms with E-state index >= 15 is 0 Å². The second-order valence-corrected chi connectivity index (χ2v) is 6.10. The van der Waals surface area contributed by atoms with Gasteiger partial charge in [0.25, 0.3) is 5.91 Å². The van der Waals surface area contributed by atoms with Crippen molar-refractivity contribution in [3.8, 4) is 0 Å². The average Bonchev–Trinajstić information content (AvgIpc) is 2.84. The molecule has 2 aromatic rings. The fraction of sp³-hybridized carbons (Fsp3) is 0.471. The van der Waals surface area contributed by atoms with E-state index in [1.165, 1.54) is 18.6 Å². The van der Waals surface area contributed by atoms with Gasteiger partial charge in [0.2, 0.25) is 5.91 Å². The van der Waals surface area contributed by atoms with E-state index in [2.05, 4.69) is 15.1 Å². The summed E-state index contributed by atoms with van der Waals surface area (Å²) in [5.41, 5.74) is 1.93. The summed E-state index contributed by atoms with van der Waals surface area (Å²) in [6, 6.07) is 0. The summed E-state index contributed by atoms with van der Waals surface area (Å²) in [5, 5.41) is 3.89. The van der Waals surface area contributed by atoms with Crippen molar-refractivity contribution in [2.45, 2.75) is 26.7 Å². The van der Waals surface area contributed by atoms with E-state index in [0.717, 1.165) is 17.7 Å². The Morgan fingerprint density at radius 3 is 2.56 bits per heavy atom. The molecule has 2 amide bonds. The predicted molar refractivity (Wildman–Crippen MR) is 88.8 cm³/mol. The molecule has 8 heteroatoms. The fourth-order valence-corrected chi connectivity index (χ4v) is 2.96. The molecule has 0 atom stereocenters. The van der Waals surface area contributed by atoms with Gasteiger partial charge in [0.05, 0.1) is 18.3 Å². The molecular weight excluding hydrogens is 322 g/mol. The van der Waals surface area contributed by atoms with Crippen molar-refractivity contribution in [3.63, 3.8) is 0 Å². The minimum atomic E-state index is -0.145. The maximum absolute atomic E-state index is 12.6. The van der Waals surface area contributed by atoms with Crippen LogP contribution in [-0.2, 0) is 11.2 Å². The molecule has 0 bridgehead atoms. The maximum Gasteiger partial charge on any atom is 0.274 e. The Labute approximate surface area is 145 Å². The van der Waals surface area contributed by atoms with E-state index in [9.17, 15) is 9.59 Å². The number of carbonyl (C=O) groups is 2. The van der Waals surface area contributed by atoms with Crippen LogP contribution in [0.5, 0.6) is 0 Å². The first-order chi connectivity index (χ1) is 12.1. The highest BCUT2D eigenvalue weighted by Crippen LogP contribution is 2.15. The number of nitrogens with zero attached hydrogens (tertiary/aromatic N) is 5. The molecule has 0 N–H and O–H groups in total. The average molecular weight is 343 g/mol. The molecule has 8 nitrogen and oxygen atoms in total. The van der Waals surface area contributed by atoms with Crippen molar-refractivity contribution in [2.75, 3.05) is 26.2 Å². The molecule has 1 saturated heterocycles. The first-order valence-electron chi connectivity index (χ1n) is 8.31.